The first kappa shape index (κ1) is 8.85. The Bertz CT molecular complexity index is 287. The molecule has 1 nitrogen and oxygen atoms in total. The third-order valence-corrected chi connectivity index (χ3v) is 1.99. The van der Waals surface area contributed by atoms with E-state index < -0.39 is 0 Å². The second-order valence-corrected chi connectivity index (χ2v) is 2.83. The van der Waals surface area contributed by atoms with Gasteiger partial charge in [-0.1, -0.05) is 24.3 Å². The van der Waals surface area contributed by atoms with Crippen molar-refractivity contribution in [2.75, 3.05) is 0 Å². The maximum atomic E-state index is 9.38. The Morgan fingerprint density at radius 1 is 1.42 bits per heavy atom. The molecule has 0 aliphatic rings. The molecule has 0 atom stereocenters. The largest absolute Gasteiger partial charge is 0.508 e. The van der Waals surface area contributed by atoms with Crippen LogP contribution in [0.5, 0.6) is 5.75 Å². The fraction of sp³-hybridized carbons (Fsp3) is 0.273. The molecule has 0 aliphatic heterocycles. The molecule has 1 aromatic carbocycles. The molecule has 1 aromatic rings. The van der Waals surface area contributed by atoms with Gasteiger partial charge in [-0.05, 0) is 37.5 Å². The van der Waals surface area contributed by atoms with E-state index in [1.54, 1.807) is 6.07 Å². The van der Waals surface area contributed by atoms with Crippen LogP contribution >= 0.6 is 0 Å². The average Bonchev–Trinajstić information content (AvgIpc) is 2.08. The monoisotopic (exact) mass is 162 g/mol. The lowest BCUT2D eigenvalue weighted by Crippen LogP contribution is -1.86. The maximum Gasteiger partial charge on any atom is 0.118 e. The summed E-state index contributed by atoms with van der Waals surface area (Å²) in [5.74, 6) is 0.386. The molecule has 1 N–H and O–H groups in total. The first-order chi connectivity index (χ1) is 5.75. The van der Waals surface area contributed by atoms with Crippen LogP contribution < -0.4 is 0 Å². The number of hydrogen-bond acceptors (Lipinski definition) is 1. The van der Waals surface area contributed by atoms with Crippen LogP contribution in [-0.2, 0) is 6.42 Å². The van der Waals surface area contributed by atoms with Crippen molar-refractivity contribution in [3.8, 4) is 5.75 Å². The summed E-state index contributed by atoms with van der Waals surface area (Å²) in [5, 5.41) is 9.38. The van der Waals surface area contributed by atoms with Gasteiger partial charge in [0.25, 0.3) is 0 Å². The summed E-state index contributed by atoms with van der Waals surface area (Å²) < 4.78 is 0. The molecule has 0 saturated heterocycles. The fourth-order valence-corrected chi connectivity index (χ4v) is 1.14. The van der Waals surface area contributed by atoms with Gasteiger partial charge in [-0.15, -0.1) is 0 Å². The molecule has 0 bridgehead atoms. The molecule has 0 fully saturated rings. The van der Waals surface area contributed by atoms with Crippen LogP contribution in [0.4, 0.5) is 0 Å². The van der Waals surface area contributed by atoms with Gasteiger partial charge in [-0.3, -0.25) is 0 Å². The van der Waals surface area contributed by atoms with Crippen LogP contribution in [-0.4, -0.2) is 5.11 Å². The van der Waals surface area contributed by atoms with E-state index >= 15 is 0 Å². The second kappa shape index (κ2) is 3.96. The first-order valence-corrected chi connectivity index (χ1v) is 4.14. The standard InChI is InChI=1S/C11H14O/c1-3-4-6-10-7-5-8-11(12)9(10)2/h3-5,7-8,12H,6H2,1-2H3. The van der Waals surface area contributed by atoms with Crippen molar-refractivity contribution in [2.45, 2.75) is 20.3 Å². The van der Waals surface area contributed by atoms with Gasteiger partial charge in [-0.25, -0.2) is 0 Å². The second-order valence-electron chi connectivity index (χ2n) is 2.83. The molecule has 1 heteroatoms. The van der Waals surface area contributed by atoms with Crippen molar-refractivity contribution in [1.82, 2.24) is 0 Å². The van der Waals surface area contributed by atoms with Crippen molar-refractivity contribution in [2.24, 2.45) is 0 Å². The van der Waals surface area contributed by atoms with Gasteiger partial charge >= 0.3 is 0 Å². The predicted molar refractivity (Wildman–Crippen MR) is 51.4 cm³/mol. The highest BCUT2D eigenvalue weighted by molar-refractivity contribution is 5.38. The van der Waals surface area contributed by atoms with E-state index in [-0.39, 0.29) is 0 Å². The Labute approximate surface area is 73.4 Å². The summed E-state index contributed by atoms with van der Waals surface area (Å²) >= 11 is 0. The van der Waals surface area contributed by atoms with Crippen LogP contribution in [0, 0.1) is 6.92 Å². The molecule has 64 valence electrons. The number of benzene rings is 1. The number of hydrogen-bond donors (Lipinski definition) is 1. The van der Waals surface area contributed by atoms with Crippen molar-refractivity contribution in [1.29, 1.82) is 0 Å². The topological polar surface area (TPSA) is 20.2 Å². The number of phenols is 1. The smallest absolute Gasteiger partial charge is 0.118 e. The molecule has 0 unspecified atom stereocenters. The lowest BCUT2D eigenvalue weighted by atomic mass is 10.0. The Hall–Kier alpha value is -1.24. The van der Waals surface area contributed by atoms with Crippen LogP contribution in [0.2, 0.25) is 0 Å². The van der Waals surface area contributed by atoms with Gasteiger partial charge in [0.2, 0.25) is 0 Å². The van der Waals surface area contributed by atoms with E-state index in [1.165, 1.54) is 5.56 Å². The highest BCUT2D eigenvalue weighted by Gasteiger charge is 1.99. The Balaban J connectivity index is 2.92. The molecular formula is C11H14O. The van der Waals surface area contributed by atoms with E-state index in [0.717, 1.165) is 12.0 Å². The maximum absolute atomic E-state index is 9.38. The first-order valence-electron chi connectivity index (χ1n) is 4.14. The molecule has 0 aliphatic carbocycles. The SMILES string of the molecule is CC=CCc1cccc(O)c1C. The zero-order chi connectivity index (χ0) is 8.97. The Morgan fingerprint density at radius 3 is 2.83 bits per heavy atom. The van der Waals surface area contributed by atoms with Crippen molar-refractivity contribution < 1.29 is 5.11 Å². The lowest BCUT2D eigenvalue weighted by Gasteiger charge is -2.03. The Morgan fingerprint density at radius 2 is 2.17 bits per heavy atom. The van der Waals surface area contributed by atoms with Gasteiger partial charge in [0.05, 0.1) is 0 Å². The van der Waals surface area contributed by atoms with E-state index in [2.05, 4.69) is 6.08 Å². The van der Waals surface area contributed by atoms with E-state index in [4.69, 9.17) is 0 Å². The summed E-state index contributed by atoms with van der Waals surface area (Å²) in [5.41, 5.74) is 2.17. The minimum Gasteiger partial charge on any atom is -0.508 e. The minimum atomic E-state index is 0.386. The number of phenolic OH excluding ortho intramolecular Hbond substituents is 1. The summed E-state index contributed by atoms with van der Waals surface area (Å²) in [6.45, 7) is 3.94. The van der Waals surface area contributed by atoms with Crippen LogP contribution in [0.1, 0.15) is 18.1 Å². The molecule has 0 spiro atoms. The van der Waals surface area contributed by atoms with Crippen molar-refractivity contribution >= 4 is 0 Å². The average molecular weight is 162 g/mol. The van der Waals surface area contributed by atoms with E-state index in [1.807, 2.05) is 32.1 Å². The molecule has 0 aromatic heterocycles. The highest BCUT2D eigenvalue weighted by Crippen LogP contribution is 2.19. The van der Waals surface area contributed by atoms with Gasteiger partial charge in [0.1, 0.15) is 5.75 Å². The van der Waals surface area contributed by atoms with Gasteiger partial charge in [0.15, 0.2) is 0 Å². The zero-order valence-corrected chi connectivity index (χ0v) is 7.54. The molecule has 12 heavy (non-hydrogen) atoms. The quantitative estimate of drug-likeness (QED) is 0.663. The van der Waals surface area contributed by atoms with Gasteiger partial charge < -0.3 is 5.11 Å². The number of rotatable bonds is 2. The minimum absolute atomic E-state index is 0.386. The molecule has 0 saturated carbocycles. The highest BCUT2D eigenvalue weighted by atomic mass is 16.3. The molecule has 0 radical (unpaired) electrons. The number of allylic oxidation sites excluding steroid dienone is 2. The normalized spacial score (nSPS) is 10.8. The summed E-state index contributed by atoms with van der Waals surface area (Å²) in [4.78, 5) is 0. The van der Waals surface area contributed by atoms with Crippen LogP contribution in [0.15, 0.2) is 30.4 Å². The fourth-order valence-electron chi connectivity index (χ4n) is 1.14. The van der Waals surface area contributed by atoms with Crippen molar-refractivity contribution in [3.63, 3.8) is 0 Å². The molecule has 0 heterocycles. The summed E-state index contributed by atoms with van der Waals surface area (Å²) in [6, 6.07) is 5.63. The number of aromatic hydroxyl groups is 1. The third kappa shape index (κ3) is 1.88. The summed E-state index contributed by atoms with van der Waals surface area (Å²) in [6.07, 6.45) is 5.00. The molecular weight excluding hydrogens is 148 g/mol. The van der Waals surface area contributed by atoms with Crippen LogP contribution in [0.25, 0.3) is 0 Å². The van der Waals surface area contributed by atoms with E-state index in [9.17, 15) is 5.11 Å². The predicted octanol–water partition coefficient (Wildman–Crippen LogP) is 2.82. The van der Waals surface area contributed by atoms with Gasteiger partial charge in [-0.2, -0.15) is 0 Å². The van der Waals surface area contributed by atoms with Gasteiger partial charge in [0, 0.05) is 0 Å². The third-order valence-electron chi connectivity index (χ3n) is 1.99. The molecule has 0 amide bonds. The molecule has 1 rings (SSSR count). The van der Waals surface area contributed by atoms with E-state index in [0.29, 0.717) is 5.75 Å². The lowest BCUT2D eigenvalue weighted by molar-refractivity contribution is 0.470. The van der Waals surface area contributed by atoms with Crippen molar-refractivity contribution in [3.05, 3.63) is 41.5 Å². The zero-order valence-electron chi connectivity index (χ0n) is 7.54. The Kier molecular flexibility index (Phi) is 2.92. The van der Waals surface area contributed by atoms with Crippen LogP contribution in [0.3, 0.4) is 0 Å². The summed E-state index contributed by atoms with van der Waals surface area (Å²) in [7, 11) is 0.